The third-order valence-electron chi connectivity index (χ3n) is 1.75. The molecule has 0 amide bonds. The predicted octanol–water partition coefficient (Wildman–Crippen LogP) is 1.50. The van der Waals surface area contributed by atoms with Gasteiger partial charge in [-0.05, 0) is 19.3 Å². The third kappa shape index (κ3) is 0.428. The first-order valence-electron chi connectivity index (χ1n) is 2.68. The topological polar surface area (TPSA) is 12.5 Å². The molecule has 0 radical (unpaired) electrons. The number of epoxide rings is 1. The van der Waals surface area contributed by atoms with Gasteiger partial charge in [-0.1, -0.05) is 11.6 Å². The maximum atomic E-state index is 5.82. The highest BCUT2D eigenvalue weighted by Gasteiger charge is 2.58. The first-order chi connectivity index (χ1) is 3.31. The molecule has 40 valence electrons. The van der Waals surface area contributed by atoms with Gasteiger partial charge in [0.15, 0.2) is 5.06 Å². The summed E-state index contributed by atoms with van der Waals surface area (Å²) in [7, 11) is 0. The quantitative estimate of drug-likeness (QED) is 0.347. The number of alkyl halides is 1. The smallest absolute Gasteiger partial charge is 0.168 e. The van der Waals surface area contributed by atoms with Gasteiger partial charge in [-0.2, -0.15) is 0 Å². The Morgan fingerprint density at radius 1 is 1.71 bits per heavy atom. The van der Waals surface area contributed by atoms with E-state index in [1.165, 1.54) is 12.8 Å². The SMILES string of the molecule is ClC12CCCC1O2. The van der Waals surface area contributed by atoms with E-state index in [-0.39, 0.29) is 5.06 Å². The Morgan fingerprint density at radius 2 is 2.57 bits per heavy atom. The van der Waals surface area contributed by atoms with Crippen molar-refractivity contribution in [2.45, 2.75) is 30.4 Å². The van der Waals surface area contributed by atoms with Crippen molar-refractivity contribution in [2.75, 3.05) is 0 Å². The van der Waals surface area contributed by atoms with Gasteiger partial charge < -0.3 is 4.74 Å². The summed E-state index contributed by atoms with van der Waals surface area (Å²) in [6, 6.07) is 0. The molecule has 1 aliphatic heterocycles. The zero-order valence-corrected chi connectivity index (χ0v) is 4.74. The zero-order valence-electron chi connectivity index (χ0n) is 3.98. The lowest BCUT2D eigenvalue weighted by atomic mass is 10.4. The standard InChI is InChI=1S/C5H7ClO/c6-5-3-1-2-4(5)7-5/h4H,1-3H2. The van der Waals surface area contributed by atoms with E-state index in [0.717, 1.165) is 6.42 Å². The van der Waals surface area contributed by atoms with Crippen molar-refractivity contribution < 1.29 is 4.74 Å². The van der Waals surface area contributed by atoms with Crippen molar-refractivity contribution in [2.24, 2.45) is 0 Å². The lowest BCUT2D eigenvalue weighted by Crippen LogP contribution is -1.94. The molecule has 7 heavy (non-hydrogen) atoms. The minimum Gasteiger partial charge on any atom is -0.349 e. The van der Waals surface area contributed by atoms with Crippen LogP contribution in [0, 0.1) is 0 Å². The number of hydrogen-bond donors (Lipinski definition) is 0. The maximum absolute atomic E-state index is 5.82. The highest BCUT2D eigenvalue weighted by Crippen LogP contribution is 2.52. The molecule has 0 aromatic rings. The molecule has 2 atom stereocenters. The van der Waals surface area contributed by atoms with Crippen molar-refractivity contribution in [3.8, 4) is 0 Å². The Morgan fingerprint density at radius 3 is 2.71 bits per heavy atom. The first kappa shape index (κ1) is 4.16. The minimum atomic E-state index is -0.167. The Kier molecular flexibility index (Phi) is 0.583. The largest absolute Gasteiger partial charge is 0.349 e. The second-order valence-corrected chi connectivity index (χ2v) is 2.92. The van der Waals surface area contributed by atoms with Crippen LogP contribution >= 0.6 is 11.6 Å². The molecule has 2 aliphatic rings. The van der Waals surface area contributed by atoms with Gasteiger partial charge in [-0.25, -0.2) is 0 Å². The summed E-state index contributed by atoms with van der Waals surface area (Å²) in [6.07, 6.45) is 3.94. The number of hydrogen-bond acceptors (Lipinski definition) is 1. The fraction of sp³-hybridized carbons (Fsp3) is 1.00. The summed E-state index contributed by atoms with van der Waals surface area (Å²) in [6.45, 7) is 0. The number of rotatable bonds is 0. The average molecular weight is 119 g/mol. The molecule has 2 unspecified atom stereocenters. The van der Waals surface area contributed by atoms with Gasteiger partial charge in [0.1, 0.15) is 6.10 Å². The molecule has 1 saturated heterocycles. The summed E-state index contributed by atoms with van der Waals surface area (Å²) in [4.78, 5) is 0. The molecular weight excluding hydrogens is 112 g/mol. The van der Waals surface area contributed by atoms with Crippen molar-refractivity contribution in [1.29, 1.82) is 0 Å². The van der Waals surface area contributed by atoms with Crippen LogP contribution in [0.25, 0.3) is 0 Å². The predicted molar refractivity (Wildman–Crippen MR) is 27.3 cm³/mol. The molecular formula is C5H7ClO. The molecule has 1 saturated carbocycles. The van der Waals surface area contributed by atoms with Crippen LogP contribution < -0.4 is 0 Å². The first-order valence-corrected chi connectivity index (χ1v) is 3.06. The normalized spacial score (nSPS) is 57.0. The Labute approximate surface area is 47.6 Å². The number of halogens is 1. The highest BCUT2D eigenvalue weighted by atomic mass is 35.5. The maximum Gasteiger partial charge on any atom is 0.168 e. The summed E-state index contributed by atoms with van der Waals surface area (Å²) in [5.74, 6) is 0. The second kappa shape index (κ2) is 0.981. The van der Waals surface area contributed by atoms with Crippen LogP contribution in [0.2, 0.25) is 0 Å². The van der Waals surface area contributed by atoms with Crippen molar-refractivity contribution >= 4 is 11.6 Å². The summed E-state index contributed by atoms with van der Waals surface area (Å²) < 4.78 is 5.11. The van der Waals surface area contributed by atoms with Crippen LogP contribution in [0.3, 0.4) is 0 Å². The van der Waals surface area contributed by atoms with E-state index in [1.54, 1.807) is 0 Å². The molecule has 1 nitrogen and oxygen atoms in total. The average Bonchev–Trinajstić information content (AvgIpc) is 2.09. The highest BCUT2D eigenvalue weighted by molar-refractivity contribution is 6.25. The molecule has 0 spiro atoms. The fourth-order valence-corrected chi connectivity index (χ4v) is 1.58. The van der Waals surface area contributed by atoms with Gasteiger partial charge in [-0.15, -0.1) is 0 Å². The minimum absolute atomic E-state index is 0.167. The van der Waals surface area contributed by atoms with Gasteiger partial charge in [0.2, 0.25) is 0 Å². The molecule has 1 heterocycles. The van der Waals surface area contributed by atoms with E-state index < -0.39 is 0 Å². The van der Waals surface area contributed by atoms with Gasteiger partial charge in [-0.3, -0.25) is 0 Å². The summed E-state index contributed by atoms with van der Waals surface area (Å²) in [5, 5.41) is -0.167. The van der Waals surface area contributed by atoms with Crippen LogP contribution in [0.15, 0.2) is 0 Å². The van der Waals surface area contributed by atoms with Gasteiger partial charge >= 0.3 is 0 Å². The van der Waals surface area contributed by atoms with E-state index in [4.69, 9.17) is 16.3 Å². The van der Waals surface area contributed by atoms with E-state index in [2.05, 4.69) is 0 Å². The van der Waals surface area contributed by atoms with Crippen LogP contribution in [-0.2, 0) is 4.74 Å². The van der Waals surface area contributed by atoms with Crippen molar-refractivity contribution in [3.05, 3.63) is 0 Å². The lowest BCUT2D eigenvalue weighted by molar-refractivity contribution is 0.303. The van der Waals surface area contributed by atoms with E-state index in [9.17, 15) is 0 Å². The summed E-state index contributed by atoms with van der Waals surface area (Å²) >= 11 is 5.82. The van der Waals surface area contributed by atoms with Crippen molar-refractivity contribution in [3.63, 3.8) is 0 Å². The second-order valence-electron chi connectivity index (χ2n) is 2.28. The molecule has 2 fully saturated rings. The van der Waals surface area contributed by atoms with Crippen LogP contribution in [0.4, 0.5) is 0 Å². The monoisotopic (exact) mass is 118 g/mol. The molecule has 0 N–H and O–H groups in total. The van der Waals surface area contributed by atoms with Gasteiger partial charge in [0.25, 0.3) is 0 Å². The molecule has 0 bridgehead atoms. The molecule has 2 rings (SSSR count). The zero-order chi connectivity index (χ0) is 4.91. The molecule has 0 aromatic carbocycles. The summed E-state index contributed by atoms with van der Waals surface area (Å²) in [5.41, 5.74) is 0. The van der Waals surface area contributed by atoms with Crippen molar-refractivity contribution in [1.82, 2.24) is 0 Å². The van der Waals surface area contributed by atoms with E-state index >= 15 is 0 Å². The lowest BCUT2D eigenvalue weighted by Gasteiger charge is -1.90. The molecule has 0 aromatic heterocycles. The van der Waals surface area contributed by atoms with Gasteiger partial charge in [0, 0.05) is 0 Å². The number of ether oxygens (including phenoxy) is 1. The van der Waals surface area contributed by atoms with E-state index in [0.29, 0.717) is 6.10 Å². The molecule has 1 aliphatic carbocycles. The van der Waals surface area contributed by atoms with Crippen LogP contribution in [0.1, 0.15) is 19.3 Å². The Balaban J connectivity index is 2.17. The Hall–Kier alpha value is 0.250. The van der Waals surface area contributed by atoms with Crippen LogP contribution in [0.5, 0.6) is 0 Å². The fourth-order valence-electron chi connectivity index (χ4n) is 1.23. The van der Waals surface area contributed by atoms with E-state index in [1.807, 2.05) is 0 Å². The van der Waals surface area contributed by atoms with Gasteiger partial charge in [0.05, 0.1) is 0 Å². The third-order valence-corrected chi connectivity index (χ3v) is 2.27. The van der Waals surface area contributed by atoms with Crippen LogP contribution in [-0.4, -0.2) is 11.2 Å². The Bertz CT molecular complexity index is 102. The molecule has 2 heteroatoms. The number of fused-ring (bicyclic) bond motifs is 1.